The number of carbonyl (C=O) groups is 1. The van der Waals surface area contributed by atoms with Crippen LogP contribution >= 0.6 is 0 Å². The summed E-state index contributed by atoms with van der Waals surface area (Å²) >= 11 is 0. The zero-order valence-corrected chi connectivity index (χ0v) is 10.8. The summed E-state index contributed by atoms with van der Waals surface area (Å²) in [5.74, 6) is -0.393. The van der Waals surface area contributed by atoms with Crippen LogP contribution in [0, 0.1) is 0 Å². The van der Waals surface area contributed by atoms with Crippen LogP contribution in [0.2, 0.25) is 0 Å². The van der Waals surface area contributed by atoms with E-state index < -0.39 is 5.97 Å². The van der Waals surface area contributed by atoms with Crippen molar-refractivity contribution in [2.75, 3.05) is 11.9 Å². The summed E-state index contributed by atoms with van der Waals surface area (Å²) in [6.07, 6.45) is 3.30. The topological polar surface area (TPSA) is 71.5 Å². The Bertz CT molecular complexity index is 442. The molecule has 0 aliphatic carbocycles. The van der Waals surface area contributed by atoms with E-state index in [4.69, 9.17) is 9.84 Å². The first kappa shape index (κ1) is 14.0. The molecule has 0 fully saturated rings. The number of carboxylic acid groups (broad SMARTS) is 1. The van der Waals surface area contributed by atoms with Crippen LogP contribution in [0.4, 0.5) is 5.69 Å². The van der Waals surface area contributed by atoms with Gasteiger partial charge in [0.05, 0.1) is 11.8 Å². The molecule has 5 heteroatoms. The van der Waals surface area contributed by atoms with Crippen molar-refractivity contribution in [2.24, 2.45) is 0 Å². The SMILES string of the molecule is C/C(=C/CNc1cccnc1OC(C)C)C(=O)O. The first-order valence-electron chi connectivity index (χ1n) is 5.76. The lowest BCUT2D eigenvalue weighted by molar-refractivity contribution is -0.132. The maximum absolute atomic E-state index is 10.6. The summed E-state index contributed by atoms with van der Waals surface area (Å²) in [6.45, 7) is 5.82. The van der Waals surface area contributed by atoms with Gasteiger partial charge in [-0.2, -0.15) is 0 Å². The second-order valence-electron chi connectivity index (χ2n) is 4.10. The number of ether oxygens (including phenoxy) is 1. The van der Waals surface area contributed by atoms with Crippen molar-refractivity contribution in [1.82, 2.24) is 4.98 Å². The van der Waals surface area contributed by atoms with Gasteiger partial charge in [0, 0.05) is 18.3 Å². The van der Waals surface area contributed by atoms with Gasteiger partial charge in [-0.3, -0.25) is 0 Å². The van der Waals surface area contributed by atoms with E-state index in [1.807, 2.05) is 19.9 Å². The number of pyridine rings is 1. The van der Waals surface area contributed by atoms with Crippen molar-refractivity contribution in [3.8, 4) is 5.88 Å². The van der Waals surface area contributed by atoms with Gasteiger partial charge < -0.3 is 15.2 Å². The Balaban J connectivity index is 2.67. The summed E-state index contributed by atoms with van der Waals surface area (Å²) in [6, 6.07) is 3.64. The van der Waals surface area contributed by atoms with Crippen molar-refractivity contribution in [1.29, 1.82) is 0 Å². The normalized spacial score (nSPS) is 11.4. The van der Waals surface area contributed by atoms with Crippen molar-refractivity contribution in [3.05, 3.63) is 30.0 Å². The smallest absolute Gasteiger partial charge is 0.331 e. The molecule has 0 radical (unpaired) electrons. The van der Waals surface area contributed by atoms with Crippen molar-refractivity contribution < 1.29 is 14.6 Å². The van der Waals surface area contributed by atoms with E-state index in [9.17, 15) is 4.79 Å². The van der Waals surface area contributed by atoms with Crippen LogP contribution in [0.3, 0.4) is 0 Å². The third-order valence-corrected chi connectivity index (χ3v) is 2.16. The number of rotatable bonds is 6. The lowest BCUT2D eigenvalue weighted by atomic mass is 10.3. The number of aromatic nitrogens is 1. The van der Waals surface area contributed by atoms with E-state index in [0.717, 1.165) is 5.69 Å². The average molecular weight is 250 g/mol. The van der Waals surface area contributed by atoms with Crippen LogP contribution in [-0.2, 0) is 4.79 Å². The molecule has 18 heavy (non-hydrogen) atoms. The van der Waals surface area contributed by atoms with Crippen molar-refractivity contribution in [2.45, 2.75) is 26.9 Å². The number of anilines is 1. The number of nitrogens with zero attached hydrogens (tertiary/aromatic N) is 1. The van der Waals surface area contributed by atoms with E-state index in [0.29, 0.717) is 18.0 Å². The number of nitrogens with one attached hydrogen (secondary N) is 1. The van der Waals surface area contributed by atoms with Gasteiger partial charge in [-0.05, 0) is 32.9 Å². The molecule has 5 nitrogen and oxygen atoms in total. The Morgan fingerprint density at radius 2 is 2.33 bits per heavy atom. The maximum Gasteiger partial charge on any atom is 0.331 e. The predicted octanol–water partition coefficient (Wildman–Crippen LogP) is 2.31. The Hall–Kier alpha value is -2.04. The minimum Gasteiger partial charge on any atom is -0.478 e. The highest BCUT2D eigenvalue weighted by molar-refractivity contribution is 5.85. The Morgan fingerprint density at radius 3 is 2.94 bits per heavy atom. The Morgan fingerprint density at radius 1 is 1.61 bits per heavy atom. The molecule has 1 rings (SSSR count). The van der Waals surface area contributed by atoms with Gasteiger partial charge in [-0.1, -0.05) is 6.08 Å². The van der Waals surface area contributed by atoms with Gasteiger partial charge >= 0.3 is 5.97 Å². The highest BCUT2D eigenvalue weighted by atomic mass is 16.5. The van der Waals surface area contributed by atoms with Gasteiger partial charge in [0.1, 0.15) is 0 Å². The van der Waals surface area contributed by atoms with Crippen LogP contribution in [0.15, 0.2) is 30.0 Å². The zero-order chi connectivity index (χ0) is 13.5. The quantitative estimate of drug-likeness (QED) is 0.758. The van der Waals surface area contributed by atoms with E-state index in [-0.39, 0.29) is 6.10 Å². The second-order valence-corrected chi connectivity index (χ2v) is 4.10. The number of carboxylic acids is 1. The first-order valence-corrected chi connectivity index (χ1v) is 5.76. The molecule has 0 aliphatic rings. The molecule has 0 atom stereocenters. The third kappa shape index (κ3) is 4.45. The molecule has 0 amide bonds. The lowest BCUT2D eigenvalue weighted by Gasteiger charge is -2.13. The molecule has 0 aliphatic heterocycles. The fourth-order valence-corrected chi connectivity index (χ4v) is 1.24. The summed E-state index contributed by atoms with van der Waals surface area (Å²) in [4.78, 5) is 14.8. The Kier molecular flexibility index (Phi) is 5.17. The van der Waals surface area contributed by atoms with Crippen LogP contribution in [0.1, 0.15) is 20.8 Å². The first-order chi connectivity index (χ1) is 8.50. The molecule has 0 unspecified atom stereocenters. The summed E-state index contributed by atoms with van der Waals surface area (Å²) in [5.41, 5.74) is 1.05. The van der Waals surface area contributed by atoms with Crippen LogP contribution in [0.25, 0.3) is 0 Å². The minimum atomic E-state index is -0.915. The third-order valence-electron chi connectivity index (χ3n) is 2.16. The molecule has 0 saturated heterocycles. The summed E-state index contributed by atoms with van der Waals surface area (Å²) < 4.78 is 5.54. The molecular weight excluding hydrogens is 232 g/mol. The molecule has 2 N–H and O–H groups in total. The molecule has 1 aromatic heterocycles. The average Bonchev–Trinajstić information content (AvgIpc) is 2.30. The Labute approximate surface area is 107 Å². The van der Waals surface area contributed by atoms with E-state index >= 15 is 0 Å². The molecule has 98 valence electrons. The lowest BCUT2D eigenvalue weighted by Crippen LogP contribution is -2.10. The summed E-state index contributed by atoms with van der Waals surface area (Å²) in [5, 5.41) is 11.8. The van der Waals surface area contributed by atoms with Gasteiger partial charge in [0.2, 0.25) is 5.88 Å². The summed E-state index contributed by atoms with van der Waals surface area (Å²) in [7, 11) is 0. The molecule has 1 aromatic rings. The minimum absolute atomic E-state index is 0.0387. The fraction of sp³-hybridized carbons (Fsp3) is 0.385. The van der Waals surface area contributed by atoms with Gasteiger partial charge in [0.25, 0.3) is 0 Å². The molecule has 0 bridgehead atoms. The fourth-order valence-electron chi connectivity index (χ4n) is 1.24. The maximum atomic E-state index is 10.6. The highest BCUT2D eigenvalue weighted by Gasteiger charge is 2.05. The highest BCUT2D eigenvalue weighted by Crippen LogP contribution is 2.21. The van der Waals surface area contributed by atoms with Crippen LogP contribution < -0.4 is 10.1 Å². The van der Waals surface area contributed by atoms with Crippen molar-refractivity contribution in [3.63, 3.8) is 0 Å². The monoisotopic (exact) mass is 250 g/mol. The van der Waals surface area contributed by atoms with Crippen LogP contribution in [-0.4, -0.2) is 28.7 Å². The van der Waals surface area contributed by atoms with Gasteiger partial charge in [0.15, 0.2) is 0 Å². The van der Waals surface area contributed by atoms with E-state index in [1.54, 1.807) is 25.3 Å². The van der Waals surface area contributed by atoms with Crippen molar-refractivity contribution >= 4 is 11.7 Å². The van der Waals surface area contributed by atoms with E-state index in [2.05, 4.69) is 10.3 Å². The van der Waals surface area contributed by atoms with Gasteiger partial charge in [-0.15, -0.1) is 0 Å². The molecule has 0 spiro atoms. The number of aliphatic carboxylic acids is 1. The van der Waals surface area contributed by atoms with Crippen LogP contribution in [0.5, 0.6) is 5.88 Å². The predicted molar refractivity (Wildman–Crippen MR) is 69.9 cm³/mol. The second kappa shape index (κ2) is 6.64. The molecule has 0 aromatic carbocycles. The zero-order valence-electron chi connectivity index (χ0n) is 10.8. The van der Waals surface area contributed by atoms with E-state index in [1.165, 1.54) is 0 Å². The molecular formula is C13H18N2O3. The van der Waals surface area contributed by atoms with Gasteiger partial charge in [-0.25, -0.2) is 9.78 Å². The number of hydrogen-bond acceptors (Lipinski definition) is 4. The molecule has 1 heterocycles. The molecule has 0 saturated carbocycles. The standard InChI is InChI=1S/C13H18N2O3/c1-9(2)18-12-11(5-4-7-15-12)14-8-6-10(3)13(16)17/h4-7,9,14H,8H2,1-3H3,(H,16,17)/b10-6-. The number of hydrogen-bond donors (Lipinski definition) is 2. The largest absolute Gasteiger partial charge is 0.478 e.